The van der Waals surface area contributed by atoms with Gasteiger partial charge in [-0.2, -0.15) is 0 Å². The van der Waals surface area contributed by atoms with Crippen LogP contribution in [0.3, 0.4) is 0 Å². The van der Waals surface area contributed by atoms with Crippen molar-refractivity contribution in [3.8, 4) is 0 Å². The van der Waals surface area contributed by atoms with Crippen molar-refractivity contribution in [3.05, 3.63) is 0 Å². The first kappa shape index (κ1) is 31.1. The van der Waals surface area contributed by atoms with Gasteiger partial charge >= 0.3 is 197 Å². The minimum atomic E-state index is -4.99. The Morgan fingerprint density at radius 2 is 0.645 bits per heavy atom. The Morgan fingerprint density at radius 1 is 0.452 bits per heavy atom. The molecule has 0 aromatic rings. The van der Waals surface area contributed by atoms with Gasteiger partial charge in [0, 0.05) is 0 Å². The van der Waals surface area contributed by atoms with Crippen molar-refractivity contribution in [2.24, 2.45) is 0 Å². The summed E-state index contributed by atoms with van der Waals surface area (Å²) in [5.74, 6) is 0. The van der Waals surface area contributed by atoms with E-state index in [0.29, 0.717) is 0 Å². The fourth-order valence-corrected chi connectivity index (χ4v) is 6.63. The Labute approximate surface area is 197 Å². The molecule has 0 aliphatic heterocycles. The van der Waals surface area contributed by atoms with Crippen LogP contribution >= 0.6 is 0 Å². The van der Waals surface area contributed by atoms with Gasteiger partial charge in [0.2, 0.25) is 0 Å². The summed E-state index contributed by atoms with van der Waals surface area (Å²) >= 11 is -4.99. The van der Waals surface area contributed by atoms with Crippen LogP contribution in [0.15, 0.2) is 0 Å². The first-order chi connectivity index (χ1) is 14.8. The Hall–Kier alpha value is 0.0525. The number of rotatable bonds is 22. The summed E-state index contributed by atoms with van der Waals surface area (Å²) in [6.07, 6.45) is 17.1. The first-order valence-electron chi connectivity index (χ1n) is 13.4. The van der Waals surface area contributed by atoms with Gasteiger partial charge in [-0.1, -0.05) is 0 Å². The van der Waals surface area contributed by atoms with Gasteiger partial charge in [0.25, 0.3) is 0 Å². The Bertz CT molecular complexity index is 432. The molecule has 0 saturated carbocycles. The van der Waals surface area contributed by atoms with Crippen LogP contribution in [0.2, 0.25) is 0 Å². The van der Waals surface area contributed by atoms with Crippen molar-refractivity contribution in [1.82, 2.24) is 0 Å². The minimum absolute atomic E-state index is 0.586. The third-order valence-electron chi connectivity index (χ3n) is 6.47. The molecule has 0 rings (SSSR count). The molecule has 0 bridgehead atoms. The standard InChI is InChI=1S/2C13H27O.Cr.2O/c2*1-4-7-10-13(14,11-8-5-2)12-9-6-3;;;/h2*4-12H2,1-3H3;;;/q2*-1;+2;;. The van der Waals surface area contributed by atoms with Crippen molar-refractivity contribution in [2.45, 2.75) is 168 Å². The van der Waals surface area contributed by atoms with Crippen LogP contribution in [0.5, 0.6) is 0 Å². The van der Waals surface area contributed by atoms with Crippen molar-refractivity contribution in [3.63, 3.8) is 0 Å². The van der Waals surface area contributed by atoms with Gasteiger partial charge in [0.1, 0.15) is 0 Å². The molecule has 0 heterocycles. The molecular formula is C26H54CrO4. The SMILES string of the molecule is CCCCC(CCCC)(CCCC)[O][Cr](=[O])(=[O])[O]C(CCCC)(CCCC)CCCC. The third kappa shape index (κ3) is 13.4. The summed E-state index contributed by atoms with van der Waals surface area (Å²) in [7, 11) is 0. The maximum atomic E-state index is 13.5. The molecule has 0 atom stereocenters. The molecule has 0 radical (unpaired) electrons. The van der Waals surface area contributed by atoms with Gasteiger partial charge in [-0.05, 0) is 0 Å². The molecule has 0 spiro atoms. The summed E-state index contributed by atoms with van der Waals surface area (Å²) in [5.41, 5.74) is -1.17. The van der Waals surface area contributed by atoms with Gasteiger partial charge < -0.3 is 0 Å². The monoisotopic (exact) mass is 482 g/mol. The normalized spacial score (nSPS) is 13.1. The van der Waals surface area contributed by atoms with Gasteiger partial charge in [0.05, 0.1) is 0 Å². The van der Waals surface area contributed by atoms with E-state index in [0.717, 1.165) is 116 Å². The second-order valence-corrected chi connectivity index (χ2v) is 11.4. The fourth-order valence-electron chi connectivity index (χ4n) is 4.44. The average molecular weight is 483 g/mol. The number of hydrogen-bond donors (Lipinski definition) is 0. The fraction of sp³-hybridized carbons (Fsp3) is 1.00. The quantitative estimate of drug-likeness (QED) is 0.154. The molecule has 0 aromatic carbocycles. The van der Waals surface area contributed by atoms with E-state index in [4.69, 9.17) is 7.58 Å². The van der Waals surface area contributed by atoms with Crippen LogP contribution < -0.4 is 0 Å². The number of hydrogen-bond acceptors (Lipinski definition) is 4. The molecular weight excluding hydrogens is 428 g/mol. The second-order valence-electron chi connectivity index (χ2n) is 9.56. The van der Waals surface area contributed by atoms with Crippen LogP contribution in [-0.2, 0) is 28.8 Å². The Kier molecular flexibility index (Phi) is 17.5. The first-order valence-corrected chi connectivity index (χ1v) is 15.5. The molecule has 0 aliphatic carbocycles. The Morgan fingerprint density at radius 3 is 0.806 bits per heavy atom. The van der Waals surface area contributed by atoms with Crippen LogP contribution in [0.4, 0.5) is 0 Å². The van der Waals surface area contributed by atoms with Gasteiger partial charge in [-0.3, -0.25) is 0 Å². The predicted molar refractivity (Wildman–Crippen MR) is 126 cm³/mol. The second kappa shape index (κ2) is 17.5. The summed E-state index contributed by atoms with van der Waals surface area (Å²) in [4.78, 5) is 0. The molecule has 0 N–H and O–H groups in total. The number of unbranched alkanes of at least 4 members (excludes halogenated alkanes) is 6. The zero-order valence-electron chi connectivity index (χ0n) is 21.8. The van der Waals surface area contributed by atoms with Gasteiger partial charge in [-0.15, -0.1) is 0 Å². The van der Waals surface area contributed by atoms with Crippen LogP contribution in [0.1, 0.15) is 157 Å². The third-order valence-corrected chi connectivity index (χ3v) is 8.22. The summed E-state index contributed by atoms with van der Waals surface area (Å²) in [6, 6.07) is 0. The van der Waals surface area contributed by atoms with E-state index in [1.165, 1.54) is 0 Å². The summed E-state index contributed by atoms with van der Waals surface area (Å²) in [5, 5.41) is 0. The summed E-state index contributed by atoms with van der Waals surface area (Å²) < 4.78 is 39.2. The molecule has 31 heavy (non-hydrogen) atoms. The van der Waals surface area contributed by atoms with E-state index < -0.39 is 24.8 Å². The average Bonchev–Trinajstić information content (AvgIpc) is 2.75. The zero-order valence-corrected chi connectivity index (χ0v) is 23.0. The maximum absolute atomic E-state index is 13.5. The Balaban J connectivity index is 5.81. The van der Waals surface area contributed by atoms with E-state index >= 15 is 0 Å². The van der Waals surface area contributed by atoms with Crippen LogP contribution in [0, 0.1) is 0 Å². The molecule has 0 aliphatic rings. The van der Waals surface area contributed by atoms with Gasteiger partial charge in [0.15, 0.2) is 0 Å². The van der Waals surface area contributed by atoms with E-state index in [-0.39, 0.29) is 0 Å². The van der Waals surface area contributed by atoms with Crippen molar-refractivity contribution in [1.29, 1.82) is 0 Å². The van der Waals surface area contributed by atoms with E-state index in [2.05, 4.69) is 41.5 Å². The molecule has 4 nitrogen and oxygen atoms in total. The molecule has 0 aromatic heterocycles. The zero-order chi connectivity index (χ0) is 23.6. The van der Waals surface area contributed by atoms with Crippen LogP contribution in [0.25, 0.3) is 0 Å². The molecule has 0 amide bonds. The molecule has 5 heteroatoms. The molecule has 0 unspecified atom stereocenters. The van der Waals surface area contributed by atoms with Crippen LogP contribution in [-0.4, -0.2) is 11.2 Å². The van der Waals surface area contributed by atoms with Crippen molar-refractivity contribution < 1.29 is 28.8 Å². The topological polar surface area (TPSA) is 52.6 Å². The molecule has 0 fully saturated rings. The van der Waals surface area contributed by atoms with E-state index in [1.54, 1.807) is 0 Å². The van der Waals surface area contributed by atoms with Crippen molar-refractivity contribution in [2.75, 3.05) is 0 Å². The molecule has 188 valence electrons. The van der Waals surface area contributed by atoms with Crippen molar-refractivity contribution >= 4 is 0 Å². The summed E-state index contributed by atoms with van der Waals surface area (Å²) in [6.45, 7) is 13.0. The molecule has 0 saturated heterocycles. The van der Waals surface area contributed by atoms with E-state index in [1.807, 2.05) is 0 Å². The van der Waals surface area contributed by atoms with E-state index in [9.17, 15) is 7.61 Å². The van der Waals surface area contributed by atoms with Gasteiger partial charge in [-0.25, -0.2) is 0 Å². The predicted octanol–water partition coefficient (Wildman–Crippen LogP) is 9.31.